The molecular weight excluding hydrogens is 254 g/mol. The fourth-order valence-electron chi connectivity index (χ4n) is 2.38. The van der Waals surface area contributed by atoms with Crippen molar-refractivity contribution in [2.24, 2.45) is 5.41 Å². The summed E-state index contributed by atoms with van der Waals surface area (Å²) in [5.74, 6) is -0.156. The van der Waals surface area contributed by atoms with Crippen molar-refractivity contribution in [2.45, 2.75) is 34.2 Å². The van der Waals surface area contributed by atoms with Gasteiger partial charge in [-0.25, -0.2) is 0 Å². The third-order valence-corrected chi connectivity index (χ3v) is 3.16. The van der Waals surface area contributed by atoms with E-state index in [1.807, 2.05) is 27.9 Å². The van der Waals surface area contributed by atoms with Crippen LogP contribution in [-0.2, 0) is 6.54 Å². The molecule has 0 unspecified atom stereocenters. The molecule has 1 amide bonds. The van der Waals surface area contributed by atoms with Crippen LogP contribution in [0.5, 0.6) is 0 Å². The Labute approximate surface area is 121 Å². The zero-order valence-corrected chi connectivity index (χ0v) is 13.4. The molecule has 0 saturated carbocycles. The number of carbonyl (C=O) groups is 1. The number of hydrogen-bond donors (Lipinski definition) is 2. The summed E-state index contributed by atoms with van der Waals surface area (Å²) in [5.41, 5.74) is 7.58. The number of aromatic nitrogens is 2. The minimum absolute atomic E-state index is 0.0000324. The van der Waals surface area contributed by atoms with Crippen LogP contribution in [0.4, 0.5) is 5.69 Å². The van der Waals surface area contributed by atoms with E-state index in [0.29, 0.717) is 30.2 Å². The Bertz CT molecular complexity index is 476. The lowest BCUT2D eigenvalue weighted by molar-refractivity contribution is 0.0919. The van der Waals surface area contributed by atoms with E-state index in [1.54, 1.807) is 4.68 Å². The summed E-state index contributed by atoms with van der Waals surface area (Å²) in [6.45, 7) is 10.1. The van der Waals surface area contributed by atoms with Gasteiger partial charge in [0.05, 0.1) is 11.4 Å². The molecule has 20 heavy (non-hydrogen) atoms. The van der Waals surface area contributed by atoms with Crippen molar-refractivity contribution < 1.29 is 4.79 Å². The second-order valence-electron chi connectivity index (χ2n) is 6.25. The first-order valence-corrected chi connectivity index (χ1v) is 6.93. The van der Waals surface area contributed by atoms with E-state index in [0.717, 1.165) is 6.54 Å². The molecule has 0 aliphatic heterocycles. The molecule has 0 aliphatic rings. The zero-order valence-electron chi connectivity index (χ0n) is 13.4. The van der Waals surface area contributed by atoms with Gasteiger partial charge in [-0.15, -0.1) is 0 Å². The molecule has 0 fully saturated rings. The summed E-state index contributed by atoms with van der Waals surface area (Å²) in [6, 6.07) is 0. The largest absolute Gasteiger partial charge is 0.395 e. The average Bonchev–Trinajstić information content (AvgIpc) is 2.61. The number of aryl methyl sites for hydroxylation is 2. The van der Waals surface area contributed by atoms with Gasteiger partial charge in [0.25, 0.3) is 5.91 Å². The molecule has 6 nitrogen and oxygen atoms in total. The van der Waals surface area contributed by atoms with Crippen LogP contribution in [0.3, 0.4) is 0 Å². The SMILES string of the molecule is CCn1nc(C)c(N)c1C(=O)NCC(C)(C)CN(C)C. The summed E-state index contributed by atoms with van der Waals surface area (Å²) in [7, 11) is 4.05. The molecule has 1 heterocycles. The van der Waals surface area contributed by atoms with Crippen molar-refractivity contribution in [3.8, 4) is 0 Å². The molecular formula is C14H27N5O. The topological polar surface area (TPSA) is 76.2 Å². The molecule has 0 bridgehead atoms. The standard InChI is InChI=1S/C14H27N5O/c1-7-19-12(11(15)10(2)17-19)13(20)16-8-14(3,4)9-18(5)6/h7-9,15H2,1-6H3,(H,16,20). The van der Waals surface area contributed by atoms with Gasteiger partial charge in [0.15, 0.2) is 0 Å². The van der Waals surface area contributed by atoms with E-state index in [4.69, 9.17) is 5.73 Å². The van der Waals surface area contributed by atoms with Crippen molar-refractivity contribution in [3.63, 3.8) is 0 Å². The van der Waals surface area contributed by atoms with Gasteiger partial charge >= 0.3 is 0 Å². The van der Waals surface area contributed by atoms with E-state index in [9.17, 15) is 4.79 Å². The number of nitrogens with zero attached hydrogens (tertiary/aromatic N) is 3. The fraction of sp³-hybridized carbons (Fsp3) is 0.714. The van der Waals surface area contributed by atoms with Crippen molar-refractivity contribution in [2.75, 3.05) is 32.9 Å². The van der Waals surface area contributed by atoms with E-state index >= 15 is 0 Å². The Morgan fingerprint density at radius 1 is 1.45 bits per heavy atom. The average molecular weight is 281 g/mol. The van der Waals surface area contributed by atoms with Gasteiger partial charge < -0.3 is 16.0 Å². The van der Waals surface area contributed by atoms with Crippen molar-refractivity contribution in [3.05, 3.63) is 11.4 Å². The van der Waals surface area contributed by atoms with E-state index in [-0.39, 0.29) is 11.3 Å². The van der Waals surface area contributed by atoms with E-state index in [2.05, 4.69) is 29.2 Å². The van der Waals surface area contributed by atoms with Crippen LogP contribution in [-0.4, -0.2) is 47.8 Å². The Hall–Kier alpha value is -1.56. The molecule has 0 aliphatic carbocycles. The van der Waals surface area contributed by atoms with Crippen LogP contribution >= 0.6 is 0 Å². The highest BCUT2D eigenvalue weighted by molar-refractivity contribution is 5.98. The molecule has 1 aromatic rings. The maximum Gasteiger partial charge on any atom is 0.271 e. The van der Waals surface area contributed by atoms with Crippen molar-refractivity contribution >= 4 is 11.6 Å². The second-order valence-corrected chi connectivity index (χ2v) is 6.25. The normalized spacial score (nSPS) is 11.9. The smallest absolute Gasteiger partial charge is 0.271 e. The Morgan fingerprint density at radius 2 is 2.05 bits per heavy atom. The monoisotopic (exact) mass is 281 g/mol. The first-order chi connectivity index (χ1) is 9.18. The van der Waals surface area contributed by atoms with Gasteiger partial charge in [-0.2, -0.15) is 5.10 Å². The van der Waals surface area contributed by atoms with Crippen LogP contribution in [0.2, 0.25) is 0 Å². The Balaban J connectivity index is 2.77. The molecule has 114 valence electrons. The van der Waals surface area contributed by atoms with Gasteiger partial charge in [0.1, 0.15) is 5.69 Å². The van der Waals surface area contributed by atoms with Crippen molar-refractivity contribution in [1.29, 1.82) is 0 Å². The molecule has 0 aromatic carbocycles. The lowest BCUT2D eigenvalue weighted by atomic mass is 9.93. The number of rotatable bonds is 6. The maximum atomic E-state index is 12.3. The molecule has 0 radical (unpaired) electrons. The maximum absolute atomic E-state index is 12.3. The number of nitrogen functional groups attached to an aromatic ring is 1. The predicted octanol–water partition coefficient (Wildman–Crippen LogP) is 1.11. The van der Waals surface area contributed by atoms with Crippen LogP contribution in [0, 0.1) is 12.3 Å². The predicted molar refractivity (Wildman–Crippen MR) is 81.7 cm³/mol. The summed E-state index contributed by atoms with van der Waals surface area (Å²) in [6.07, 6.45) is 0. The van der Waals surface area contributed by atoms with Gasteiger partial charge in [-0.1, -0.05) is 13.8 Å². The molecule has 6 heteroatoms. The van der Waals surface area contributed by atoms with Gasteiger partial charge in [0, 0.05) is 19.6 Å². The van der Waals surface area contributed by atoms with Crippen LogP contribution in [0.25, 0.3) is 0 Å². The minimum atomic E-state index is -0.156. The number of carbonyl (C=O) groups excluding carboxylic acids is 1. The second kappa shape index (κ2) is 6.26. The molecule has 0 atom stereocenters. The molecule has 3 N–H and O–H groups in total. The highest BCUT2D eigenvalue weighted by atomic mass is 16.2. The van der Waals surface area contributed by atoms with Crippen LogP contribution < -0.4 is 11.1 Å². The summed E-state index contributed by atoms with van der Waals surface area (Å²) >= 11 is 0. The third-order valence-electron chi connectivity index (χ3n) is 3.16. The number of anilines is 1. The highest BCUT2D eigenvalue weighted by Crippen LogP contribution is 2.18. The molecule has 0 saturated heterocycles. The quantitative estimate of drug-likeness (QED) is 0.819. The zero-order chi connectivity index (χ0) is 15.5. The summed E-state index contributed by atoms with van der Waals surface area (Å²) in [4.78, 5) is 14.4. The van der Waals surface area contributed by atoms with Gasteiger partial charge in [0.2, 0.25) is 0 Å². The van der Waals surface area contributed by atoms with E-state index < -0.39 is 0 Å². The first kappa shape index (κ1) is 16.5. The first-order valence-electron chi connectivity index (χ1n) is 6.93. The number of nitrogens with two attached hydrogens (primary N) is 1. The minimum Gasteiger partial charge on any atom is -0.395 e. The van der Waals surface area contributed by atoms with E-state index in [1.165, 1.54) is 0 Å². The molecule has 1 aromatic heterocycles. The van der Waals surface area contributed by atoms with Gasteiger partial charge in [-0.3, -0.25) is 9.48 Å². The van der Waals surface area contributed by atoms with Gasteiger partial charge in [-0.05, 0) is 33.4 Å². The lowest BCUT2D eigenvalue weighted by Gasteiger charge is -2.28. The Morgan fingerprint density at radius 3 is 2.55 bits per heavy atom. The van der Waals surface area contributed by atoms with Crippen molar-refractivity contribution in [1.82, 2.24) is 20.0 Å². The molecule has 0 spiro atoms. The van der Waals surface area contributed by atoms with Crippen LogP contribution in [0.15, 0.2) is 0 Å². The Kier molecular flexibility index (Phi) is 5.16. The van der Waals surface area contributed by atoms with Crippen LogP contribution in [0.1, 0.15) is 37.0 Å². The highest BCUT2D eigenvalue weighted by Gasteiger charge is 2.23. The third kappa shape index (κ3) is 3.96. The lowest BCUT2D eigenvalue weighted by Crippen LogP contribution is -2.40. The molecule has 1 rings (SSSR count). The fourth-order valence-corrected chi connectivity index (χ4v) is 2.38. The summed E-state index contributed by atoms with van der Waals surface area (Å²) in [5, 5.41) is 7.23. The number of amides is 1. The number of nitrogens with one attached hydrogen (secondary N) is 1. The number of hydrogen-bond acceptors (Lipinski definition) is 4. The summed E-state index contributed by atoms with van der Waals surface area (Å²) < 4.78 is 1.65.